The van der Waals surface area contributed by atoms with E-state index in [4.69, 9.17) is 5.11 Å². The average Bonchev–Trinajstić information content (AvgIpc) is 1.88. The van der Waals surface area contributed by atoms with Crippen molar-refractivity contribution < 1.29 is 9.90 Å². The predicted molar refractivity (Wildman–Crippen MR) is 37.8 cm³/mol. The maximum Gasteiger partial charge on any atom is 0.310 e. The first-order valence-electron chi connectivity index (χ1n) is 3.28. The first kappa shape index (κ1) is 7.12. The SMILES string of the molecule is C[C+]1CC(C(=O)O)CC=N1. The van der Waals surface area contributed by atoms with Crippen molar-refractivity contribution in [2.45, 2.75) is 19.8 Å². The molecule has 0 aromatic rings. The highest BCUT2D eigenvalue weighted by Crippen LogP contribution is 2.21. The summed E-state index contributed by atoms with van der Waals surface area (Å²) >= 11 is 0. The maximum atomic E-state index is 10.4. The van der Waals surface area contributed by atoms with Crippen LogP contribution in [0.3, 0.4) is 0 Å². The van der Waals surface area contributed by atoms with Gasteiger partial charge in [-0.15, -0.1) is 0 Å². The zero-order chi connectivity index (χ0) is 7.56. The standard InChI is InChI=1S/C7H9NO2/c1-5-4-6(7(9)10)2-3-8-5/h3,6H,2,4H2,1H3/p+1. The van der Waals surface area contributed by atoms with Gasteiger partial charge in [-0.25, -0.2) is 0 Å². The summed E-state index contributed by atoms with van der Waals surface area (Å²) in [5.74, 6) is -0.956. The number of nitrogens with zero attached hydrogens (tertiary/aromatic N) is 1. The second-order valence-electron chi connectivity index (χ2n) is 2.52. The van der Waals surface area contributed by atoms with Gasteiger partial charge in [0.2, 0.25) is 0 Å². The van der Waals surface area contributed by atoms with Crippen LogP contribution < -0.4 is 0 Å². The summed E-state index contributed by atoms with van der Waals surface area (Å²) in [6.07, 6.45) is 2.86. The van der Waals surface area contributed by atoms with Gasteiger partial charge in [0.05, 0.1) is 12.8 Å². The Bertz CT molecular complexity index is 165. The highest BCUT2D eigenvalue weighted by atomic mass is 16.4. The fourth-order valence-electron chi connectivity index (χ4n) is 1.02. The summed E-state index contributed by atoms with van der Waals surface area (Å²) in [5.41, 5.74) is 0. The molecule has 0 spiro atoms. The van der Waals surface area contributed by atoms with Gasteiger partial charge in [-0.2, -0.15) is 0 Å². The van der Waals surface area contributed by atoms with Gasteiger partial charge in [0.25, 0.3) is 0 Å². The molecule has 54 valence electrons. The quantitative estimate of drug-likeness (QED) is 0.554. The lowest BCUT2D eigenvalue weighted by Gasteiger charge is -2.09. The number of hydrogen-bond acceptors (Lipinski definition) is 2. The Kier molecular flexibility index (Phi) is 1.94. The van der Waals surface area contributed by atoms with Crippen LogP contribution in [0.25, 0.3) is 0 Å². The number of rotatable bonds is 1. The van der Waals surface area contributed by atoms with Crippen molar-refractivity contribution in [2.24, 2.45) is 10.9 Å². The first-order chi connectivity index (χ1) is 4.70. The van der Waals surface area contributed by atoms with E-state index >= 15 is 0 Å². The van der Waals surface area contributed by atoms with Crippen molar-refractivity contribution in [3.8, 4) is 0 Å². The third-order valence-corrected chi connectivity index (χ3v) is 1.59. The number of aliphatic carboxylic acids is 1. The fraction of sp³-hybridized carbons (Fsp3) is 0.571. The van der Waals surface area contributed by atoms with E-state index < -0.39 is 5.97 Å². The summed E-state index contributed by atoms with van der Waals surface area (Å²) in [6, 6.07) is 0.915. The van der Waals surface area contributed by atoms with Crippen LogP contribution in [-0.4, -0.2) is 17.3 Å². The molecule has 0 radical (unpaired) electrons. The monoisotopic (exact) mass is 140 g/mol. The molecule has 1 atom stereocenters. The van der Waals surface area contributed by atoms with E-state index in [1.54, 1.807) is 6.21 Å². The minimum Gasteiger partial charge on any atom is -0.481 e. The van der Waals surface area contributed by atoms with E-state index in [2.05, 4.69) is 4.99 Å². The van der Waals surface area contributed by atoms with Crippen LogP contribution in [0, 0.1) is 12.0 Å². The Morgan fingerprint density at radius 2 is 2.60 bits per heavy atom. The molecule has 0 saturated carbocycles. The lowest BCUT2D eigenvalue weighted by atomic mass is 9.96. The van der Waals surface area contributed by atoms with Crippen molar-refractivity contribution in [2.75, 3.05) is 0 Å². The van der Waals surface area contributed by atoms with Crippen LogP contribution in [0.4, 0.5) is 0 Å². The largest absolute Gasteiger partial charge is 0.481 e. The highest BCUT2D eigenvalue weighted by Gasteiger charge is 2.28. The fourth-order valence-corrected chi connectivity index (χ4v) is 1.02. The molecule has 1 unspecified atom stereocenters. The van der Waals surface area contributed by atoms with E-state index in [1.807, 2.05) is 6.92 Å². The molecule has 0 aromatic carbocycles. The van der Waals surface area contributed by atoms with Crippen molar-refractivity contribution in [3.05, 3.63) is 6.04 Å². The first-order valence-corrected chi connectivity index (χ1v) is 3.28. The van der Waals surface area contributed by atoms with Gasteiger partial charge in [0, 0.05) is 6.92 Å². The zero-order valence-electron chi connectivity index (χ0n) is 5.87. The van der Waals surface area contributed by atoms with E-state index in [0.29, 0.717) is 12.8 Å². The second-order valence-corrected chi connectivity index (χ2v) is 2.52. The molecule has 10 heavy (non-hydrogen) atoms. The molecule has 3 heteroatoms. The smallest absolute Gasteiger partial charge is 0.310 e. The van der Waals surface area contributed by atoms with Crippen LogP contribution >= 0.6 is 0 Å². The third-order valence-electron chi connectivity index (χ3n) is 1.59. The molecular weight excluding hydrogens is 130 g/mol. The summed E-state index contributed by atoms with van der Waals surface area (Å²) in [6.45, 7) is 1.85. The highest BCUT2D eigenvalue weighted by molar-refractivity contribution is 5.76. The third kappa shape index (κ3) is 1.50. The molecule has 0 aliphatic carbocycles. The van der Waals surface area contributed by atoms with E-state index in [1.165, 1.54) is 0 Å². The van der Waals surface area contributed by atoms with Gasteiger partial charge >= 0.3 is 5.97 Å². The minimum atomic E-state index is -0.717. The van der Waals surface area contributed by atoms with Crippen molar-refractivity contribution in [1.82, 2.24) is 0 Å². The van der Waals surface area contributed by atoms with Crippen molar-refractivity contribution in [1.29, 1.82) is 0 Å². The normalized spacial score (nSPS) is 24.9. The predicted octanol–water partition coefficient (Wildman–Crippen LogP) is 1.10. The molecule has 1 rings (SSSR count). The number of hydrogen-bond donors (Lipinski definition) is 1. The number of carbonyl (C=O) groups is 1. The molecule has 0 aromatic heterocycles. The lowest BCUT2D eigenvalue weighted by Crippen LogP contribution is -2.19. The number of carboxylic acids is 1. The van der Waals surface area contributed by atoms with Gasteiger partial charge < -0.3 is 5.11 Å². The van der Waals surface area contributed by atoms with E-state index in [-0.39, 0.29) is 5.92 Å². The zero-order valence-corrected chi connectivity index (χ0v) is 5.87. The van der Waals surface area contributed by atoms with Crippen LogP contribution in [0.5, 0.6) is 0 Å². The van der Waals surface area contributed by atoms with Gasteiger partial charge in [-0.05, 0) is 0 Å². The van der Waals surface area contributed by atoms with Crippen LogP contribution in [0.2, 0.25) is 0 Å². The summed E-state index contributed by atoms with van der Waals surface area (Å²) in [4.78, 5) is 14.4. The Balaban J connectivity index is 2.52. The maximum absolute atomic E-state index is 10.4. The molecule has 1 aliphatic rings. The molecule has 0 amide bonds. The Labute approximate surface area is 59.8 Å². The lowest BCUT2D eigenvalue weighted by molar-refractivity contribution is -0.141. The molecular formula is C7H10NO2+. The Morgan fingerprint density at radius 3 is 3.00 bits per heavy atom. The topological polar surface area (TPSA) is 49.7 Å². The summed E-state index contributed by atoms with van der Waals surface area (Å²) in [7, 11) is 0. The molecule has 0 saturated heterocycles. The van der Waals surface area contributed by atoms with Crippen molar-refractivity contribution >= 4 is 12.2 Å². The second kappa shape index (κ2) is 2.73. The molecule has 1 N–H and O–H groups in total. The van der Waals surface area contributed by atoms with Crippen LogP contribution in [0.15, 0.2) is 4.99 Å². The molecule has 1 aliphatic heterocycles. The molecule has 0 bridgehead atoms. The van der Waals surface area contributed by atoms with Gasteiger partial charge in [-0.3, -0.25) is 4.79 Å². The molecule has 1 heterocycles. The van der Waals surface area contributed by atoms with Crippen LogP contribution in [0.1, 0.15) is 19.8 Å². The van der Waals surface area contributed by atoms with E-state index in [0.717, 1.165) is 6.04 Å². The van der Waals surface area contributed by atoms with Crippen LogP contribution in [-0.2, 0) is 4.79 Å². The average molecular weight is 140 g/mol. The minimum absolute atomic E-state index is 0.238. The molecule has 0 fully saturated rings. The van der Waals surface area contributed by atoms with Crippen molar-refractivity contribution in [3.63, 3.8) is 0 Å². The van der Waals surface area contributed by atoms with E-state index in [9.17, 15) is 4.79 Å². The number of aliphatic imine (C=N–C) groups is 1. The summed E-state index contributed by atoms with van der Waals surface area (Å²) in [5, 5.41) is 8.58. The Hall–Kier alpha value is -0.990. The Morgan fingerprint density at radius 1 is 1.90 bits per heavy atom. The summed E-state index contributed by atoms with van der Waals surface area (Å²) < 4.78 is 0. The van der Waals surface area contributed by atoms with Gasteiger partial charge in [0.15, 0.2) is 0 Å². The number of carboxylic acid groups (broad SMARTS) is 1. The van der Waals surface area contributed by atoms with Gasteiger partial charge in [0.1, 0.15) is 18.2 Å². The molecule has 3 nitrogen and oxygen atoms in total. The van der Waals surface area contributed by atoms with Gasteiger partial charge in [-0.1, -0.05) is 4.99 Å².